The van der Waals surface area contributed by atoms with Crippen molar-refractivity contribution in [1.82, 2.24) is 4.72 Å². The van der Waals surface area contributed by atoms with Crippen LogP contribution in [0.1, 0.15) is 11.3 Å². The summed E-state index contributed by atoms with van der Waals surface area (Å²) in [4.78, 5) is 0. The van der Waals surface area contributed by atoms with E-state index in [-0.39, 0.29) is 5.75 Å². The van der Waals surface area contributed by atoms with Crippen molar-refractivity contribution in [2.45, 2.75) is 12.2 Å². The first-order chi connectivity index (χ1) is 9.05. The zero-order valence-electron chi connectivity index (χ0n) is 10.4. The van der Waals surface area contributed by atoms with E-state index >= 15 is 0 Å². The minimum atomic E-state index is -3.33. The second-order valence-corrected chi connectivity index (χ2v) is 6.03. The van der Waals surface area contributed by atoms with Gasteiger partial charge in [-0.05, 0) is 29.8 Å². The molecule has 0 aliphatic rings. The molecule has 1 aromatic carbocycles. The normalized spacial score (nSPS) is 11.6. The van der Waals surface area contributed by atoms with Gasteiger partial charge in [0.2, 0.25) is 10.0 Å². The van der Waals surface area contributed by atoms with Crippen molar-refractivity contribution < 1.29 is 12.8 Å². The van der Waals surface area contributed by atoms with Gasteiger partial charge in [-0.15, -0.1) is 0 Å². The molecule has 0 amide bonds. The van der Waals surface area contributed by atoms with Crippen LogP contribution in [-0.2, 0) is 22.2 Å². The topological polar surface area (TPSA) is 85.3 Å². The fraction of sp³-hybridized carbons (Fsp3) is 0.231. The van der Waals surface area contributed by atoms with Gasteiger partial charge in [0.05, 0.1) is 12.0 Å². The number of nitrogens with two attached hydrogens (primary N) is 1. The Kier molecular flexibility index (Phi) is 4.24. The van der Waals surface area contributed by atoms with Gasteiger partial charge in [-0.1, -0.05) is 12.1 Å². The number of hydrogen-bond acceptors (Lipinski definition) is 4. The van der Waals surface area contributed by atoms with E-state index in [2.05, 4.69) is 4.72 Å². The van der Waals surface area contributed by atoms with Gasteiger partial charge in [-0.2, -0.15) is 0 Å². The molecule has 1 aromatic heterocycles. The third kappa shape index (κ3) is 4.42. The second-order valence-electron chi connectivity index (χ2n) is 4.22. The molecule has 0 atom stereocenters. The maximum atomic E-state index is 11.8. The molecule has 1 heterocycles. The number of rotatable bonds is 6. The molecule has 6 heteroatoms. The van der Waals surface area contributed by atoms with E-state index < -0.39 is 10.0 Å². The van der Waals surface area contributed by atoms with Gasteiger partial charge in [-0.3, -0.25) is 0 Å². The molecule has 0 saturated carbocycles. The highest BCUT2D eigenvalue weighted by Gasteiger charge is 2.11. The molecule has 0 radical (unpaired) electrons. The Bertz CT molecular complexity index is 604. The number of hydrogen-bond donors (Lipinski definition) is 2. The standard InChI is InChI=1S/C13H16N2O3S/c14-12-5-3-11(4-6-12)10-19(16,17)15-8-7-13-2-1-9-18-13/h1-6,9,15H,7-8,10,14H2. The van der Waals surface area contributed by atoms with Crippen molar-refractivity contribution in [3.63, 3.8) is 0 Å². The molecular formula is C13H16N2O3S. The van der Waals surface area contributed by atoms with Crippen molar-refractivity contribution in [1.29, 1.82) is 0 Å². The third-order valence-corrected chi connectivity index (χ3v) is 3.97. The van der Waals surface area contributed by atoms with E-state index in [1.54, 1.807) is 36.6 Å². The molecule has 0 unspecified atom stereocenters. The average Bonchev–Trinajstić information content (AvgIpc) is 2.85. The van der Waals surface area contributed by atoms with Crippen molar-refractivity contribution in [2.75, 3.05) is 12.3 Å². The van der Waals surface area contributed by atoms with Crippen molar-refractivity contribution in [2.24, 2.45) is 0 Å². The third-order valence-electron chi connectivity index (χ3n) is 2.61. The van der Waals surface area contributed by atoms with Crippen LogP contribution < -0.4 is 10.5 Å². The highest BCUT2D eigenvalue weighted by Crippen LogP contribution is 2.08. The number of nitrogens with one attached hydrogen (secondary N) is 1. The van der Waals surface area contributed by atoms with Crippen LogP contribution in [-0.4, -0.2) is 15.0 Å². The number of benzene rings is 1. The lowest BCUT2D eigenvalue weighted by Gasteiger charge is -2.06. The van der Waals surface area contributed by atoms with E-state index in [0.29, 0.717) is 24.2 Å². The zero-order chi connectivity index (χ0) is 13.7. The Balaban J connectivity index is 1.86. The van der Waals surface area contributed by atoms with Crippen LogP contribution in [0.5, 0.6) is 0 Å². The molecule has 0 saturated heterocycles. The monoisotopic (exact) mass is 280 g/mol. The smallest absolute Gasteiger partial charge is 0.215 e. The maximum absolute atomic E-state index is 11.8. The van der Waals surface area contributed by atoms with Gasteiger partial charge >= 0.3 is 0 Å². The first-order valence-corrected chi connectivity index (χ1v) is 7.54. The lowest BCUT2D eigenvalue weighted by molar-refractivity contribution is 0.506. The zero-order valence-corrected chi connectivity index (χ0v) is 11.2. The van der Waals surface area contributed by atoms with E-state index in [1.807, 2.05) is 6.07 Å². The van der Waals surface area contributed by atoms with E-state index in [0.717, 1.165) is 5.76 Å². The molecular weight excluding hydrogens is 264 g/mol. The first kappa shape index (κ1) is 13.6. The maximum Gasteiger partial charge on any atom is 0.215 e. The van der Waals surface area contributed by atoms with Crippen LogP contribution in [0.4, 0.5) is 5.69 Å². The fourth-order valence-electron chi connectivity index (χ4n) is 1.67. The largest absolute Gasteiger partial charge is 0.469 e. The minimum absolute atomic E-state index is 0.0502. The molecule has 2 rings (SSSR count). The van der Waals surface area contributed by atoms with E-state index in [1.165, 1.54) is 0 Å². The van der Waals surface area contributed by atoms with Crippen molar-refractivity contribution >= 4 is 15.7 Å². The van der Waals surface area contributed by atoms with E-state index in [4.69, 9.17) is 10.2 Å². The highest BCUT2D eigenvalue weighted by molar-refractivity contribution is 7.88. The predicted molar refractivity (Wildman–Crippen MR) is 73.9 cm³/mol. The van der Waals surface area contributed by atoms with Crippen LogP contribution in [0, 0.1) is 0 Å². The highest BCUT2D eigenvalue weighted by atomic mass is 32.2. The van der Waals surface area contributed by atoms with Crippen LogP contribution in [0.2, 0.25) is 0 Å². The SMILES string of the molecule is Nc1ccc(CS(=O)(=O)NCCc2ccco2)cc1. The summed E-state index contributed by atoms with van der Waals surface area (Å²) >= 11 is 0. The van der Waals surface area contributed by atoms with Gasteiger partial charge in [0.1, 0.15) is 5.76 Å². The Labute approximate surface area is 112 Å². The summed E-state index contributed by atoms with van der Waals surface area (Å²) in [5, 5.41) is 0. The summed E-state index contributed by atoms with van der Waals surface area (Å²) in [7, 11) is -3.33. The molecule has 19 heavy (non-hydrogen) atoms. The molecule has 0 spiro atoms. The van der Waals surface area contributed by atoms with Gasteiger partial charge in [0.25, 0.3) is 0 Å². The molecule has 3 N–H and O–H groups in total. The summed E-state index contributed by atoms with van der Waals surface area (Å²) in [5.41, 5.74) is 6.87. The average molecular weight is 280 g/mol. The van der Waals surface area contributed by atoms with Crippen LogP contribution in [0.3, 0.4) is 0 Å². The molecule has 2 aromatic rings. The summed E-state index contributed by atoms with van der Waals surface area (Å²) in [6.45, 7) is 0.324. The predicted octanol–water partition coefficient (Wildman–Crippen LogP) is 1.52. The van der Waals surface area contributed by atoms with Crippen molar-refractivity contribution in [3.8, 4) is 0 Å². The summed E-state index contributed by atoms with van der Waals surface area (Å²) < 4.78 is 31.4. The van der Waals surface area contributed by atoms with Gasteiger partial charge in [0.15, 0.2) is 0 Å². The Morgan fingerprint density at radius 3 is 2.53 bits per heavy atom. The Morgan fingerprint density at radius 2 is 1.89 bits per heavy atom. The van der Waals surface area contributed by atoms with Crippen LogP contribution in [0.25, 0.3) is 0 Å². The number of sulfonamides is 1. The Morgan fingerprint density at radius 1 is 1.16 bits per heavy atom. The quantitative estimate of drug-likeness (QED) is 0.786. The molecule has 5 nitrogen and oxygen atoms in total. The van der Waals surface area contributed by atoms with Crippen LogP contribution in [0.15, 0.2) is 47.1 Å². The molecule has 0 fully saturated rings. The second kappa shape index (κ2) is 5.90. The first-order valence-electron chi connectivity index (χ1n) is 5.89. The minimum Gasteiger partial charge on any atom is -0.469 e. The molecule has 0 aliphatic heterocycles. The Hall–Kier alpha value is -1.79. The molecule has 102 valence electrons. The summed E-state index contributed by atoms with van der Waals surface area (Å²) in [6.07, 6.45) is 2.10. The van der Waals surface area contributed by atoms with Gasteiger partial charge in [0, 0.05) is 18.7 Å². The lowest BCUT2D eigenvalue weighted by atomic mass is 10.2. The van der Waals surface area contributed by atoms with Gasteiger partial charge < -0.3 is 10.2 Å². The molecule has 0 bridgehead atoms. The summed E-state index contributed by atoms with van der Waals surface area (Å²) in [6, 6.07) is 10.4. The summed E-state index contributed by atoms with van der Waals surface area (Å²) in [5.74, 6) is 0.709. The van der Waals surface area contributed by atoms with Crippen LogP contribution >= 0.6 is 0 Å². The van der Waals surface area contributed by atoms with Gasteiger partial charge in [-0.25, -0.2) is 13.1 Å². The number of anilines is 1. The van der Waals surface area contributed by atoms with E-state index in [9.17, 15) is 8.42 Å². The lowest BCUT2D eigenvalue weighted by Crippen LogP contribution is -2.27. The molecule has 0 aliphatic carbocycles. The number of furan rings is 1. The number of nitrogen functional groups attached to an aromatic ring is 1. The fourth-order valence-corrected chi connectivity index (χ4v) is 2.82. The van der Waals surface area contributed by atoms with Crippen molar-refractivity contribution in [3.05, 3.63) is 54.0 Å².